The average Bonchev–Trinajstić information content (AvgIpc) is 2.91. The van der Waals surface area contributed by atoms with Gasteiger partial charge in [-0.05, 0) is 49.8 Å². The van der Waals surface area contributed by atoms with E-state index in [0.29, 0.717) is 41.4 Å². The van der Waals surface area contributed by atoms with Crippen molar-refractivity contribution >= 4 is 23.5 Å². The van der Waals surface area contributed by atoms with Crippen molar-refractivity contribution in [1.29, 1.82) is 0 Å². The van der Waals surface area contributed by atoms with Crippen LogP contribution in [0.5, 0.6) is 11.5 Å². The standard InChI is InChI=1S/C20H18ClNO3/c1-12(2)22-10-16-17(24-11-22)7-6-15-19(23)18(25-20(15)16)9-13-4-3-5-14(21)8-13/h3-9,12H,10-11H2,1-2H3/b18-9+. The summed E-state index contributed by atoms with van der Waals surface area (Å²) in [6.45, 7) is 5.48. The van der Waals surface area contributed by atoms with E-state index in [1.807, 2.05) is 18.2 Å². The van der Waals surface area contributed by atoms with Crippen molar-refractivity contribution in [2.75, 3.05) is 6.73 Å². The number of ketones is 1. The molecule has 0 radical (unpaired) electrons. The topological polar surface area (TPSA) is 38.8 Å². The van der Waals surface area contributed by atoms with Crippen LogP contribution in [0.1, 0.15) is 35.3 Å². The number of Topliss-reactive ketones (excluding diaryl/α,β-unsaturated/α-hetero) is 1. The molecular weight excluding hydrogens is 338 g/mol. The molecule has 2 aromatic rings. The number of benzene rings is 2. The van der Waals surface area contributed by atoms with E-state index in [9.17, 15) is 4.79 Å². The van der Waals surface area contributed by atoms with E-state index < -0.39 is 0 Å². The van der Waals surface area contributed by atoms with Crippen LogP contribution in [0, 0.1) is 0 Å². The Bertz CT molecular complexity index is 889. The first-order valence-electron chi connectivity index (χ1n) is 8.25. The van der Waals surface area contributed by atoms with Crippen LogP contribution in [0.2, 0.25) is 5.02 Å². The van der Waals surface area contributed by atoms with Crippen LogP contribution in [0.25, 0.3) is 6.08 Å². The second-order valence-electron chi connectivity index (χ2n) is 6.53. The molecule has 0 N–H and O–H groups in total. The van der Waals surface area contributed by atoms with E-state index in [1.165, 1.54) is 0 Å². The van der Waals surface area contributed by atoms with E-state index in [1.54, 1.807) is 24.3 Å². The number of rotatable bonds is 2. The Kier molecular flexibility index (Phi) is 4.02. The maximum atomic E-state index is 12.7. The molecule has 0 atom stereocenters. The molecule has 5 heteroatoms. The van der Waals surface area contributed by atoms with Crippen LogP contribution in [0.4, 0.5) is 0 Å². The molecule has 0 saturated heterocycles. The summed E-state index contributed by atoms with van der Waals surface area (Å²) in [6.07, 6.45) is 1.73. The number of ether oxygens (including phenoxy) is 2. The van der Waals surface area contributed by atoms with Gasteiger partial charge in [-0.3, -0.25) is 9.69 Å². The number of halogens is 1. The van der Waals surface area contributed by atoms with Crippen LogP contribution in [0.15, 0.2) is 42.2 Å². The zero-order valence-corrected chi connectivity index (χ0v) is 14.8. The van der Waals surface area contributed by atoms with E-state index in [-0.39, 0.29) is 5.78 Å². The molecule has 2 aromatic carbocycles. The molecule has 2 heterocycles. The first-order valence-corrected chi connectivity index (χ1v) is 8.63. The Morgan fingerprint density at radius 2 is 2.08 bits per heavy atom. The van der Waals surface area contributed by atoms with Gasteiger partial charge in [-0.2, -0.15) is 0 Å². The molecule has 4 nitrogen and oxygen atoms in total. The third-order valence-corrected chi connectivity index (χ3v) is 4.76. The fourth-order valence-corrected chi connectivity index (χ4v) is 3.25. The highest BCUT2D eigenvalue weighted by Gasteiger charge is 2.33. The summed E-state index contributed by atoms with van der Waals surface area (Å²) in [6, 6.07) is 11.3. The highest BCUT2D eigenvalue weighted by atomic mass is 35.5. The summed E-state index contributed by atoms with van der Waals surface area (Å²) in [5.41, 5.74) is 2.35. The predicted molar refractivity (Wildman–Crippen MR) is 97.0 cm³/mol. The zero-order valence-electron chi connectivity index (χ0n) is 14.1. The number of hydrogen-bond donors (Lipinski definition) is 0. The van der Waals surface area contributed by atoms with Gasteiger partial charge < -0.3 is 9.47 Å². The Balaban J connectivity index is 1.71. The lowest BCUT2D eigenvalue weighted by Crippen LogP contribution is -2.37. The largest absolute Gasteiger partial charge is 0.478 e. The lowest BCUT2D eigenvalue weighted by atomic mass is 10.0. The quantitative estimate of drug-likeness (QED) is 0.743. The molecule has 2 aliphatic heterocycles. The van der Waals surface area contributed by atoms with E-state index >= 15 is 0 Å². The van der Waals surface area contributed by atoms with Crippen molar-refractivity contribution in [3.05, 3.63) is 63.9 Å². The van der Waals surface area contributed by atoms with Gasteiger partial charge in [0.2, 0.25) is 5.78 Å². The number of carbonyl (C=O) groups is 1. The second kappa shape index (κ2) is 6.21. The average molecular weight is 356 g/mol. The molecule has 0 bridgehead atoms. The highest BCUT2D eigenvalue weighted by Crippen LogP contribution is 2.42. The van der Waals surface area contributed by atoms with E-state index in [4.69, 9.17) is 21.1 Å². The Labute approximate surface area is 151 Å². The molecule has 0 amide bonds. The minimum absolute atomic E-state index is 0.112. The normalized spacial score (nSPS) is 18.1. The van der Waals surface area contributed by atoms with Gasteiger partial charge >= 0.3 is 0 Å². The predicted octanol–water partition coefficient (Wildman–Crippen LogP) is 4.52. The van der Waals surface area contributed by atoms with E-state index in [0.717, 1.165) is 16.9 Å². The van der Waals surface area contributed by atoms with Gasteiger partial charge in [0, 0.05) is 17.6 Å². The highest BCUT2D eigenvalue weighted by molar-refractivity contribution is 6.30. The molecule has 128 valence electrons. The molecular formula is C20H18ClNO3. The van der Waals surface area contributed by atoms with Gasteiger partial charge in [0.1, 0.15) is 18.2 Å². The van der Waals surface area contributed by atoms with Crippen molar-refractivity contribution in [3.8, 4) is 11.5 Å². The number of allylic oxidation sites excluding steroid dienone is 1. The molecule has 0 saturated carbocycles. The number of fused-ring (bicyclic) bond motifs is 3. The summed E-state index contributed by atoms with van der Waals surface area (Å²) >= 11 is 6.02. The van der Waals surface area contributed by atoms with Crippen molar-refractivity contribution in [3.63, 3.8) is 0 Å². The monoisotopic (exact) mass is 355 g/mol. The molecule has 0 fully saturated rings. The first-order chi connectivity index (χ1) is 12.0. The smallest absolute Gasteiger partial charge is 0.231 e. The minimum Gasteiger partial charge on any atom is -0.478 e. The fraction of sp³-hybridized carbons (Fsp3) is 0.250. The Morgan fingerprint density at radius 3 is 2.84 bits per heavy atom. The molecule has 25 heavy (non-hydrogen) atoms. The van der Waals surface area contributed by atoms with Crippen LogP contribution >= 0.6 is 11.6 Å². The lowest BCUT2D eigenvalue weighted by Gasteiger charge is -2.32. The molecule has 0 spiro atoms. The summed E-state index contributed by atoms with van der Waals surface area (Å²) < 4.78 is 11.8. The summed E-state index contributed by atoms with van der Waals surface area (Å²) in [5.74, 6) is 1.60. The third-order valence-electron chi connectivity index (χ3n) is 4.52. The van der Waals surface area contributed by atoms with Gasteiger partial charge in [-0.15, -0.1) is 0 Å². The molecule has 2 aliphatic rings. The van der Waals surface area contributed by atoms with Crippen molar-refractivity contribution in [2.45, 2.75) is 26.4 Å². The van der Waals surface area contributed by atoms with Crippen molar-refractivity contribution in [1.82, 2.24) is 4.90 Å². The fourth-order valence-electron chi connectivity index (χ4n) is 3.05. The second-order valence-corrected chi connectivity index (χ2v) is 6.96. The van der Waals surface area contributed by atoms with Gasteiger partial charge in [0.15, 0.2) is 5.76 Å². The van der Waals surface area contributed by atoms with Crippen LogP contribution in [0.3, 0.4) is 0 Å². The maximum absolute atomic E-state index is 12.7. The number of hydrogen-bond acceptors (Lipinski definition) is 4. The van der Waals surface area contributed by atoms with Crippen LogP contribution in [-0.4, -0.2) is 23.5 Å². The third kappa shape index (κ3) is 2.92. The summed E-state index contributed by atoms with van der Waals surface area (Å²) in [4.78, 5) is 14.9. The summed E-state index contributed by atoms with van der Waals surface area (Å²) in [5, 5.41) is 0.621. The number of nitrogens with zero attached hydrogens (tertiary/aromatic N) is 1. The van der Waals surface area contributed by atoms with Crippen molar-refractivity contribution in [2.24, 2.45) is 0 Å². The SMILES string of the molecule is CC(C)N1COc2ccc3c(c2C1)O/C(=C/c1cccc(Cl)c1)C3=O. The molecule has 0 unspecified atom stereocenters. The minimum atomic E-state index is -0.112. The Hall–Kier alpha value is -2.30. The number of carbonyl (C=O) groups excluding carboxylic acids is 1. The van der Waals surface area contributed by atoms with Crippen LogP contribution < -0.4 is 9.47 Å². The lowest BCUT2D eigenvalue weighted by molar-refractivity contribution is 0.0674. The van der Waals surface area contributed by atoms with Gasteiger partial charge in [-0.1, -0.05) is 23.7 Å². The maximum Gasteiger partial charge on any atom is 0.231 e. The molecule has 0 aliphatic carbocycles. The molecule has 4 rings (SSSR count). The summed E-state index contributed by atoms with van der Waals surface area (Å²) in [7, 11) is 0. The van der Waals surface area contributed by atoms with Crippen molar-refractivity contribution < 1.29 is 14.3 Å². The van der Waals surface area contributed by atoms with Crippen LogP contribution in [-0.2, 0) is 6.54 Å². The molecule has 0 aromatic heterocycles. The van der Waals surface area contributed by atoms with Gasteiger partial charge in [-0.25, -0.2) is 0 Å². The Morgan fingerprint density at radius 1 is 1.24 bits per heavy atom. The zero-order chi connectivity index (χ0) is 17.6. The van der Waals surface area contributed by atoms with Gasteiger partial charge in [0.25, 0.3) is 0 Å². The van der Waals surface area contributed by atoms with E-state index in [2.05, 4.69) is 18.7 Å². The first kappa shape index (κ1) is 16.2. The van der Waals surface area contributed by atoms with Gasteiger partial charge in [0.05, 0.1) is 11.1 Å².